The fourth-order valence-electron chi connectivity index (χ4n) is 2.38. The molecule has 1 aliphatic rings. The number of nitrogens with two attached hydrogens (primary N) is 1. The Labute approximate surface area is 97.7 Å². The fraction of sp³-hybridized carbons (Fsp3) is 0.615. The lowest BCUT2D eigenvalue weighted by atomic mass is 9.94. The first-order chi connectivity index (χ1) is 7.79. The predicted molar refractivity (Wildman–Crippen MR) is 66.9 cm³/mol. The number of piperidine rings is 1. The highest BCUT2D eigenvalue weighted by atomic mass is 15.1. The first-order valence-corrected chi connectivity index (χ1v) is 6.21. The summed E-state index contributed by atoms with van der Waals surface area (Å²) in [6.45, 7) is 5.65. The molecule has 0 unspecified atom stereocenters. The molecule has 1 fully saturated rings. The van der Waals surface area contributed by atoms with Gasteiger partial charge in [-0.25, -0.2) is 4.98 Å². The molecule has 1 aromatic rings. The van der Waals surface area contributed by atoms with Gasteiger partial charge in [-0.3, -0.25) is 4.90 Å². The van der Waals surface area contributed by atoms with Crippen LogP contribution in [0.2, 0.25) is 0 Å². The zero-order valence-electron chi connectivity index (χ0n) is 10.0. The lowest BCUT2D eigenvalue weighted by Gasteiger charge is -2.31. The van der Waals surface area contributed by atoms with Crippen molar-refractivity contribution in [2.45, 2.75) is 32.7 Å². The number of aromatic nitrogens is 1. The molecule has 0 radical (unpaired) electrons. The molecule has 0 bridgehead atoms. The van der Waals surface area contributed by atoms with Gasteiger partial charge in [0.15, 0.2) is 0 Å². The average molecular weight is 219 g/mol. The van der Waals surface area contributed by atoms with Crippen molar-refractivity contribution < 1.29 is 0 Å². The minimum Gasteiger partial charge on any atom is -0.383 e. The van der Waals surface area contributed by atoms with E-state index in [1.54, 1.807) is 6.20 Å². The van der Waals surface area contributed by atoms with Crippen molar-refractivity contribution in [3.05, 3.63) is 23.9 Å². The second kappa shape index (κ2) is 5.30. The van der Waals surface area contributed by atoms with Gasteiger partial charge in [0.2, 0.25) is 0 Å². The van der Waals surface area contributed by atoms with Gasteiger partial charge in [-0.1, -0.05) is 19.4 Å². The minimum absolute atomic E-state index is 0.681. The molecule has 2 rings (SSSR count). The number of pyridine rings is 1. The van der Waals surface area contributed by atoms with Crippen molar-refractivity contribution in [1.82, 2.24) is 9.88 Å². The Morgan fingerprint density at radius 3 is 2.81 bits per heavy atom. The van der Waals surface area contributed by atoms with Crippen LogP contribution >= 0.6 is 0 Å². The first kappa shape index (κ1) is 11.4. The summed E-state index contributed by atoms with van der Waals surface area (Å²) in [7, 11) is 0. The van der Waals surface area contributed by atoms with Gasteiger partial charge in [0, 0.05) is 18.3 Å². The molecule has 2 N–H and O–H groups in total. The van der Waals surface area contributed by atoms with Crippen LogP contribution in [0.4, 0.5) is 5.82 Å². The number of rotatable bonds is 3. The molecule has 88 valence electrons. The summed E-state index contributed by atoms with van der Waals surface area (Å²) < 4.78 is 0. The third kappa shape index (κ3) is 2.73. The summed E-state index contributed by atoms with van der Waals surface area (Å²) >= 11 is 0. The second-order valence-corrected chi connectivity index (χ2v) is 4.68. The smallest absolute Gasteiger partial charge is 0.127 e. The largest absolute Gasteiger partial charge is 0.383 e. The molecule has 3 heteroatoms. The molecule has 1 aromatic heterocycles. The first-order valence-electron chi connectivity index (χ1n) is 6.21. The van der Waals surface area contributed by atoms with Crippen LogP contribution < -0.4 is 5.73 Å². The van der Waals surface area contributed by atoms with Crippen LogP contribution in [0, 0.1) is 5.92 Å². The number of likely N-dealkylation sites (tertiary alicyclic amines) is 1. The van der Waals surface area contributed by atoms with E-state index in [2.05, 4.69) is 22.9 Å². The molecule has 1 aliphatic heterocycles. The van der Waals surface area contributed by atoms with Crippen molar-refractivity contribution >= 4 is 5.82 Å². The number of hydrogen-bond acceptors (Lipinski definition) is 3. The van der Waals surface area contributed by atoms with Gasteiger partial charge in [-0.2, -0.15) is 0 Å². The van der Waals surface area contributed by atoms with Crippen LogP contribution in [0.1, 0.15) is 31.7 Å². The Balaban J connectivity index is 1.89. The summed E-state index contributed by atoms with van der Waals surface area (Å²) in [5.41, 5.74) is 7.02. The van der Waals surface area contributed by atoms with Crippen molar-refractivity contribution in [2.24, 2.45) is 5.92 Å². The van der Waals surface area contributed by atoms with Crippen LogP contribution in [0.25, 0.3) is 0 Å². The number of nitrogens with zero attached hydrogens (tertiary/aromatic N) is 2. The SMILES string of the molecule is CCC1CCN(Cc2cccnc2N)CC1. The van der Waals surface area contributed by atoms with E-state index in [1.807, 2.05) is 6.07 Å². The molecule has 0 aromatic carbocycles. The van der Waals surface area contributed by atoms with E-state index < -0.39 is 0 Å². The van der Waals surface area contributed by atoms with Crippen LogP contribution in [0.5, 0.6) is 0 Å². The van der Waals surface area contributed by atoms with E-state index in [4.69, 9.17) is 5.73 Å². The molecule has 0 aliphatic carbocycles. The highest BCUT2D eigenvalue weighted by molar-refractivity contribution is 5.38. The summed E-state index contributed by atoms with van der Waals surface area (Å²) in [6, 6.07) is 4.04. The standard InChI is InChI=1S/C13H21N3/c1-2-11-5-8-16(9-6-11)10-12-4-3-7-15-13(12)14/h3-4,7,11H,2,5-6,8-10H2,1H3,(H2,14,15). The quantitative estimate of drug-likeness (QED) is 0.848. The zero-order valence-corrected chi connectivity index (χ0v) is 10.0. The van der Waals surface area contributed by atoms with Gasteiger partial charge in [-0.15, -0.1) is 0 Å². The maximum absolute atomic E-state index is 5.85. The van der Waals surface area contributed by atoms with Crippen LogP contribution in [0.15, 0.2) is 18.3 Å². The fourth-order valence-corrected chi connectivity index (χ4v) is 2.38. The van der Waals surface area contributed by atoms with Crippen molar-refractivity contribution in [1.29, 1.82) is 0 Å². The van der Waals surface area contributed by atoms with Gasteiger partial charge in [0.25, 0.3) is 0 Å². The summed E-state index contributed by atoms with van der Waals surface area (Å²) in [5.74, 6) is 1.61. The predicted octanol–water partition coefficient (Wildman–Crippen LogP) is 2.29. The molecular weight excluding hydrogens is 198 g/mol. The number of nitrogen functional groups attached to an aromatic ring is 1. The van der Waals surface area contributed by atoms with Crippen LogP contribution in [-0.2, 0) is 6.54 Å². The average Bonchev–Trinajstić information content (AvgIpc) is 2.33. The monoisotopic (exact) mass is 219 g/mol. The number of hydrogen-bond donors (Lipinski definition) is 1. The van der Waals surface area contributed by atoms with E-state index in [0.717, 1.165) is 18.0 Å². The van der Waals surface area contributed by atoms with Crippen molar-refractivity contribution in [3.63, 3.8) is 0 Å². The molecule has 1 saturated heterocycles. The Hall–Kier alpha value is -1.09. The topological polar surface area (TPSA) is 42.2 Å². The van der Waals surface area contributed by atoms with Gasteiger partial charge in [0.1, 0.15) is 5.82 Å². The minimum atomic E-state index is 0.681. The van der Waals surface area contributed by atoms with Gasteiger partial charge in [0.05, 0.1) is 0 Å². The third-order valence-corrected chi connectivity index (χ3v) is 3.60. The van der Waals surface area contributed by atoms with Crippen molar-refractivity contribution in [2.75, 3.05) is 18.8 Å². The molecule has 3 nitrogen and oxygen atoms in total. The molecule has 0 amide bonds. The Morgan fingerprint density at radius 1 is 1.44 bits per heavy atom. The maximum atomic E-state index is 5.85. The highest BCUT2D eigenvalue weighted by Crippen LogP contribution is 2.22. The Morgan fingerprint density at radius 2 is 2.19 bits per heavy atom. The molecule has 16 heavy (non-hydrogen) atoms. The number of anilines is 1. The second-order valence-electron chi connectivity index (χ2n) is 4.68. The van der Waals surface area contributed by atoms with E-state index in [9.17, 15) is 0 Å². The third-order valence-electron chi connectivity index (χ3n) is 3.60. The highest BCUT2D eigenvalue weighted by Gasteiger charge is 2.18. The lowest BCUT2D eigenvalue weighted by Crippen LogP contribution is -2.33. The summed E-state index contributed by atoms with van der Waals surface area (Å²) in [6.07, 6.45) is 5.73. The maximum Gasteiger partial charge on any atom is 0.127 e. The van der Waals surface area contributed by atoms with Crippen molar-refractivity contribution in [3.8, 4) is 0 Å². The van der Waals surface area contributed by atoms with Gasteiger partial charge >= 0.3 is 0 Å². The zero-order chi connectivity index (χ0) is 11.4. The van der Waals surface area contributed by atoms with E-state index in [0.29, 0.717) is 5.82 Å². The van der Waals surface area contributed by atoms with Crippen LogP contribution in [0.3, 0.4) is 0 Å². The summed E-state index contributed by atoms with van der Waals surface area (Å²) in [5, 5.41) is 0. The molecule has 2 heterocycles. The normalized spacial score (nSPS) is 18.8. The van der Waals surface area contributed by atoms with E-state index >= 15 is 0 Å². The Bertz CT molecular complexity index is 330. The molecule has 0 atom stereocenters. The Kier molecular flexibility index (Phi) is 3.78. The molecule has 0 spiro atoms. The van der Waals surface area contributed by atoms with Crippen LogP contribution in [-0.4, -0.2) is 23.0 Å². The van der Waals surface area contributed by atoms with Gasteiger partial charge in [-0.05, 0) is 37.9 Å². The lowest BCUT2D eigenvalue weighted by molar-refractivity contribution is 0.175. The molecule has 0 saturated carbocycles. The summed E-state index contributed by atoms with van der Waals surface area (Å²) in [4.78, 5) is 6.61. The van der Waals surface area contributed by atoms with Gasteiger partial charge < -0.3 is 5.73 Å². The van der Waals surface area contributed by atoms with E-state index in [-0.39, 0.29) is 0 Å². The van der Waals surface area contributed by atoms with E-state index in [1.165, 1.54) is 32.4 Å². The molecular formula is C13H21N3.